The van der Waals surface area contributed by atoms with Crippen LogP contribution in [0.1, 0.15) is 6.42 Å². The Morgan fingerprint density at radius 3 is 2.33 bits per heavy atom. The molecule has 1 aliphatic heterocycles. The van der Waals surface area contributed by atoms with Crippen molar-refractivity contribution in [2.45, 2.75) is 11.2 Å². The van der Waals surface area contributed by atoms with E-state index in [0.717, 1.165) is 0 Å². The van der Waals surface area contributed by atoms with Crippen LogP contribution >= 0.6 is 15.9 Å². The highest BCUT2D eigenvalue weighted by Gasteiger charge is 2.30. The zero-order chi connectivity index (χ0) is 11.0. The molecule has 1 amide bonds. The number of anilines is 3. The first-order valence-corrected chi connectivity index (χ1v) is 5.19. The molecule has 7 nitrogen and oxygen atoms in total. The highest BCUT2D eigenvalue weighted by molar-refractivity contribution is 9.09. The van der Waals surface area contributed by atoms with Crippen LogP contribution in [0, 0.1) is 0 Å². The molecule has 2 heterocycles. The lowest BCUT2D eigenvalue weighted by Crippen LogP contribution is -2.27. The molecule has 1 atom stereocenters. The summed E-state index contributed by atoms with van der Waals surface area (Å²) >= 11 is 3.36. The van der Waals surface area contributed by atoms with E-state index in [-0.39, 0.29) is 28.6 Å². The van der Waals surface area contributed by atoms with Crippen molar-refractivity contribution in [2.75, 3.05) is 22.9 Å². The minimum Gasteiger partial charge on any atom is -0.368 e. The first-order valence-electron chi connectivity index (χ1n) is 4.27. The Hall–Kier alpha value is -1.44. The van der Waals surface area contributed by atoms with Crippen LogP contribution in [0.25, 0.3) is 0 Å². The van der Waals surface area contributed by atoms with Crippen molar-refractivity contribution in [2.24, 2.45) is 0 Å². The SMILES string of the molecule is Nc1nc(N)nc(N2CC(Br)CC2=O)n1. The van der Waals surface area contributed by atoms with Crippen LogP contribution in [0.2, 0.25) is 0 Å². The normalized spacial score (nSPS) is 21.0. The number of carbonyl (C=O) groups is 1. The third kappa shape index (κ3) is 1.99. The fourth-order valence-corrected chi connectivity index (χ4v) is 1.94. The van der Waals surface area contributed by atoms with Gasteiger partial charge >= 0.3 is 0 Å². The molecule has 15 heavy (non-hydrogen) atoms. The monoisotopic (exact) mass is 272 g/mol. The average molecular weight is 273 g/mol. The number of alkyl halides is 1. The number of nitrogens with zero attached hydrogens (tertiary/aromatic N) is 4. The number of hydrogen-bond donors (Lipinski definition) is 2. The van der Waals surface area contributed by atoms with Gasteiger partial charge in [-0.3, -0.25) is 9.69 Å². The van der Waals surface area contributed by atoms with E-state index in [4.69, 9.17) is 11.5 Å². The van der Waals surface area contributed by atoms with Crippen LogP contribution < -0.4 is 16.4 Å². The third-order valence-corrected chi connectivity index (χ3v) is 2.59. The molecule has 1 fully saturated rings. The quantitative estimate of drug-likeness (QED) is 0.669. The van der Waals surface area contributed by atoms with Crippen molar-refractivity contribution < 1.29 is 4.79 Å². The molecular weight excluding hydrogens is 264 g/mol. The lowest BCUT2D eigenvalue weighted by Gasteiger charge is -2.13. The summed E-state index contributed by atoms with van der Waals surface area (Å²) < 4.78 is 0. The molecule has 0 aliphatic carbocycles. The Kier molecular flexibility index (Phi) is 2.43. The lowest BCUT2D eigenvalue weighted by molar-refractivity contribution is -0.117. The Morgan fingerprint density at radius 2 is 1.87 bits per heavy atom. The fraction of sp³-hybridized carbons (Fsp3) is 0.429. The standard InChI is InChI=1S/C7H9BrN6O/c8-3-1-4(15)14(2-3)7-12-5(9)11-6(10)13-7/h3H,1-2H2,(H4,9,10,11,12,13). The Labute approximate surface area is 94.0 Å². The van der Waals surface area contributed by atoms with Gasteiger partial charge in [-0.25, -0.2) is 0 Å². The van der Waals surface area contributed by atoms with E-state index in [1.807, 2.05) is 0 Å². The van der Waals surface area contributed by atoms with Gasteiger partial charge in [-0.15, -0.1) is 0 Å². The van der Waals surface area contributed by atoms with E-state index < -0.39 is 0 Å². The first-order chi connectivity index (χ1) is 7.06. The van der Waals surface area contributed by atoms with Crippen molar-refractivity contribution in [1.82, 2.24) is 15.0 Å². The zero-order valence-electron chi connectivity index (χ0n) is 7.72. The maximum Gasteiger partial charge on any atom is 0.238 e. The first kappa shape index (κ1) is 10.1. The maximum absolute atomic E-state index is 11.5. The second-order valence-electron chi connectivity index (χ2n) is 3.16. The fourth-order valence-electron chi connectivity index (χ4n) is 1.38. The van der Waals surface area contributed by atoms with Crippen molar-refractivity contribution in [1.29, 1.82) is 0 Å². The van der Waals surface area contributed by atoms with E-state index in [1.54, 1.807) is 0 Å². The third-order valence-electron chi connectivity index (χ3n) is 1.98. The Balaban J connectivity index is 2.33. The van der Waals surface area contributed by atoms with E-state index in [0.29, 0.717) is 13.0 Å². The molecular formula is C7H9BrN6O. The van der Waals surface area contributed by atoms with Gasteiger partial charge in [0.15, 0.2) is 0 Å². The molecule has 1 aliphatic rings. The number of nitrogens with two attached hydrogens (primary N) is 2. The van der Waals surface area contributed by atoms with Gasteiger partial charge in [0, 0.05) is 17.8 Å². The molecule has 1 unspecified atom stereocenters. The highest BCUT2D eigenvalue weighted by Crippen LogP contribution is 2.22. The number of carbonyl (C=O) groups excluding carboxylic acids is 1. The molecule has 0 aromatic carbocycles. The maximum atomic E-state index is 11.5. The number of halogens is 1. The van der Waals surface area contributed by atoms with Crippen molar-refractivity contribution >= 4 is 39.7 Å². The van der Waals surface area contributed by atoms with Gasteiger partial charge in [0.25, 0.3) is 0 Å². The Bertz CT molecular complexity index is 390. The van der Waals surface area contributed by atoms with Crippen LogP contribution in [0.4, 0.5) is 17.8 Å². The smallest absolute Gasteiger partial charge is 0.238 e. The second kappa shape index (κ2) is 3.61. The van der Waals surface area contributed by atoms with E-state index in [9.17, 15) is 4.79 Å². The van der Waals surface area contributed by atoms with E-state index in [1.165, 1.54) is 4.90 Å². The van der Waals surface area contributed by atoms with Crippen molar-refractivity contribution in [3.63, 3.8) is 0 Å². The molecule has 80 valence electrons. The van der Waals surface area contributed by atoms with Gasteiger partial charge in [-0.1, -0.05) is 15.9 Å². The predicted octanol–water partition coefficient (Wildman–Crippen LogP) is -0.464. The largest absolute Gasteiger partial charge is 0.368 e. The number of nitrogen functional groups attached to an aromatic ring is 2. The van der Waals surface area contributed by atoms with Crippen LogP contribution in [0.3, 0.4) is 0 Å². The van der Waals surface area contributed by atoms with Gasteiger partial charge < -0.3 is 11.5 Å². The molecule has 0 saturated carbocycles. The highest BCUT2D eigenvalue weighted by atomic mass is 79.9. The zero-order valence-corrected chi connectivity index (χ0v) is 9.31. The predicted molar refractivity (Wildman–Crippen MR) is 58.3 cm³/mol. The summed E-state index contributed by atoms with van der Waals surface area (Å²) in [6.07, 6.45) is 0.422. The molecule has 0 radical (unpaired) electrons. The van der Waals surface area contributed by atoms with Gasteiger partial charge in [-0.05, 0) is 0 Å². The summed E-state index contributed by atoms with van der Waals surface area (Å²) in [5, 5.41) is 0. The minimum atomic E-state index is -0.0538. The Morgan fingerprint density at radius 1 is 1.27 bits per heavy atom. The van der Waals surface area contributed by atoms with Gasteiger partial charge in [0.05, 0.1) is 0 Å². The van der Waals surface area contributed by atoms with Crippen molar-refractivity contribution in [3.8, 4) is 0 Å². The van der Waals surface area contributed by atoms with Crippen LogP contribution in [0.15, 0.2) is 0 Å². The van der Waals surface area contributed by atoms with Crippen LogP contribution in [-0.4, -0.2) is 32.2 Å². The topological polar surface area (TPSA) is 111 Å². The molecule has 1 aromatic rings. The number of hydrogen-bond acceptors (Lipinski definition) is 6. The molecule has 1 aromatic heterocycles. The molecule has 4 N–H and O–H groups in total. The number of amides is 1. The summed E-state index contributed by atoms with van der Waals surface area (Å²) in [6, 6.07) is 0. The van der Waals surface area contributed by atoms with Gasteiger partial charge in [-0.2, -0.15) is 15.0 Å². The van der Waals surface area contributed by atoms with Crippen LogP contribution in [-0.2, 0) is 4.79 Å². The van der Waals surface area contributed by atoms with Gasteiger partial charge in [0.1, 0.15) is 0 Å². The van der Waals surface area contributed by atoms with Gasteiger partial charge in [0.2, 0.25) is 23.8 Å². The summed E-state index contributed by atoms with van der Waals surface area (Å²) in [5.41, 5.74) is 10.8. The van der Waals surface area contributed by atoms with E-state index in [2.05, 4.69) is 30.9 Å². The average Bonchev–Trinajstić information content (AvgIpc) is 2.43. The molecule has 2 rings (SSSR count). The summed E-state index contributed by atoms with van der Waals surface area (Å²) in [7, 11) is 0. The molecule has 8 heteroatoms. The summed E-state index contributed by atoms with van der Waals surface area (Å²) in [6.45, 7) is 0.516. The van der Waals surface area contributed by atoms with Crippen molar-refractivity contribution in [3.05, 3.63) is 0 Å². The van der Waals surface area contributed by atoms with E-state index >= 15 is 0 Å². The minimum absolute atomic E-state index is 0.0170. The number of rotatable bonds is 1. The molecule has 0 bridgehead atoms. The number of aromatic nitrogens is 3. The lowest BCUT2D eigenvalue weighted by atomic mass is 10.4. The molecule has 1 saturated heterocycles. The summed E-state index contributed by atoms with van der Waals surface area (Å²) in [5.74, 6) is 0.195. The molecule has 0 spiro atoms. The second-order valence-corrected chi connectivity index (χ2v) is 4.45. The summed E-state index contributed by atoms with van der Waals surface area (Å²) in [4.78, 5) is 24.4. The van der Waals surface area contributed by atoms with Crippen LogP contribution in [0.5, 0.6) is 0 Å².